The van der Waals surface area contributed by atoms with Gasteiger partial charge < -0.3 is 9.73 Å². The Morgan fingerprint density at radius 3 is 2.43 bits per heavy atom. The highest BCUT2D eigenvalue weighted by molar-refractivity contribution is 6.36. The summed E-state index contributed by atoms with van der Waals surface area (Å²) in [5.74, 6) is 0.265. The van der Waals surface area contributed by atoms with Crippen LogP contribution in [0.25, 0.3) is 11.3 Å². The van der Waals surface area contributed by atoms with Gasteiger partial charge in [0.05, 0.1) is 15.7 Å². The molecule has 0 aliphatic heterocycles. The number of carbonyl (C=O) groups is 1. The first-order valence-corrected chi connectivity index (χ1v) is 7.79. The van der Waals surface area contributed by atoms with Crippen molar-refractivity contribution in [3.63, 3.8) is 0 Å². The molecule has 0 saturated carbocycles. The molecule has 116 valence electrons. The van der Waals surface area contributed by atoms with Crippen LogP contribution in [0.4, 0.5) is 5.69 Å². The summed E-state index contributed by atoms with van der Waals surface area (Å²) >= 11 is 18.0. The Kier molecular flexibility index (Phi) is 4.62. The first-order valence-electron chi connectivity index (χ1n) is 6.66. The number of carbonyl (C=O) groups excluding carboxylic acids is 1. The Balaban J connectivity index is 1.83. The van der Waals surface area contributed by atoms with Gasteiger partial charge in [0.1, 0.15) is 5.76 Å². The van der Waals surface area contributed by atoms with E-state index in [2.05, 4.69) is 5.32 Å². The van der Waals surface area contributed by atoms with Crippen LogP contribution in [-0.2, 0) is 0 Å². The Hall–Kier alpha value is -1.94. The molecule has 3 nitrogen and oxygen atoms in total. The first kappa shape index (κ1) is 15.9. The van der Waals surface area contributed by atoms with E-state index in [4.69, 9.17) is 39.2 Å². The zero-order valence-electron chi connectivity index (χ0n) is 11.6. The smallest absolute Gasteiger partial charge is 0.291 e. The molecule has 0 aliphatic carbocycles. The van der Waals surface area contributed by atoms with Crippen LogP contribution >= 0.6 is 34.8 Å². The minimum atomic E-state index is -0.410. The van der Waals surface area contributed by atoms with Gasteiger partial charge in [0.25, 0.3) is 5.91 Å². The predicted octanol–water partition coefficient (Wildman–Crippen LogP) is 6.16. The number of hydrogen-bond donors (Lipinski definition) is 1. The third kappa shape index (κ3) is 3.53. The molecule has 0 fully saturated rings. The number of rotatable bonds is 3. The van der Waals surface area contributed by atoms with E-state index in [0.717, 1.165) is 5.56 Å². The van der Waals surface area contributed by atoms with Crippen LogP contribution in [0.3, 0.4) is 0 Å². The quantitative estimate of drug-likeness (QED) is 0.603. The number of halogens is 3. The highest BCUT2D eigenvalue weighted by Crippen LogP contribution is 2.30. The van der Waals surface area contributed by atoms with E-state index in [9.17, 15) is 4.79 Å². The van der Waals surface area contributed by atoms with Crippen molar-refractivity contribution in [1.82, 2.24) is 0 Å². The summed E-state index contributed by atoms with van der Waals surface area (Å²) in [6.45, 7) is 0. The summed E-state index contributed by atoms with van der Waals surface area (Å²) < 4.78 is 5.58. The Morgan fingerprint density at radius 1 is 0.913 bits per heavy atom. The number of amides is 1. The van der Waals surface area contributed by atoms with Crippen LogP contribution < -0.4 is 5.32 Å². The van der Waals surface area contributed by atoms with Crippen molar-refractivity contribution in [3.8, 4) is 11.3 Å². The van der Waals surface area contributed by atoms with Crippen molar-refractivity contribution in [2.45, 2.75) is 0 Å². The van der Waals surface area contributed by atoms with E-state index < -0.39 is 5.91 Å². The lowest BCUT2D eigenvalue weighted by Crippen LogP contribution is -2.11. The fourth-order valence-electron chi connectivity index (χ4n) is 2.04. The molecule has 0 unspecified atom stereocenters. The number of hydrogen-bond acceptors (Lipinski definition) is 2. The minimum absolute atomic E-state index is 0.158. The molecule has 3 aromatic rings. The molecule has 0 aliphatic rings. The van der Waals surface area contributed by atoms with Gasteiger partial charge in [-0.3, -0.25) is 4.79 Å². The number of furan rings is 1. The van der Waals surface area contributed by atoms with E-state index >= 15 is 0 Å². The van der Waals surface area contributed by atoms with Gasteiger partial charge in [0.2, 0.25) is 0 Å². The highest BCUT2D eigenvalue weighted by Gasteiger charge is 2.15. The maximum absolute atomic E-state index is 12.3. The summed E-state index contributed by atoms with van der Waals surface area (Å²) in [7, 11) is 0. The molecule has 0 bridgehead atoms. The molecule has 2 aromatic carbocycles. The Morgan fingerprint density at radius 2 is 1.70 bits per heavy atom. The molecule has 1 N–H and O–H groups in total. The maximum atomic E-state index is 12.3. The van der Waals surface area contributed by atoms with Gasteiger partial charge in [-0.15, -0.1) is 0 Å². The van der Waals surface area contributed by atoms with Crippen LogP contribution in [-0.4, -0.2) is 5.91 Å². The highest BCUT2D eigenvalue weighted by atomic mass is 35.5. The molecule has 1 amide bonds. The monoisotopic (exact) mass is 365 g/mol. The maximum Gasteiger partial charge on any atom is 0.291 e. The van der Waals surface area contributed by atoms with Crippen molar-refractivity contribution >= 4 is 46.4 Å². The van der Waals surface area contributed by atoms with E-state index in [1.165, 1.54) is 0 Å². The zero-order chi connectivity index (χ0) is 16.4. The van der Waals surface area contributed by atoms with Gasteiger partial charge in [-0.2, -0.15) is 0 Å². The van der Waals surface area contributed by atoms with Crippen molar-refractivity contribution in [2.75, 3.05) is 5.32 Å². The molecule has 1 heterocycles. The molecular formula is C17H10Cl3NO2. The summed E-state index contributed by atoms with van der Waals surface area (Å²) in [4.78, 5) is 12.3. The summed E-state index contributed by atoms with van der Waals surface area (Å²) in [5, 5.41) is 4.07. The average molecular weight is 367 g/mol. The second kappa shape index (κ2) is 6.67. The van der Waals surface area contributed by atoms with Gasteiger partial charge >= 0.3 is 0 Å². The van der Waals surface area contributed by atoms with Crippen molar-refractivity contribution in [3.05, 3.63) is 75.4 Å². The largest absolute Gasteiger partial charge is 0.451 e. The number of nitrogens with one attached hydrogen (secondary N) is 1. The van der Waals surface area contributed by atoms with Crippen LogP contribution in [0, 0.1) is 0 Å². The molecule has 0 saturated heterocycles. The van der Waals surface area contributed by atoms with E-state index in [1.54, 1.807) is 36.4 Å². The van der Waals surface area contributed by atoms with Crippen molar-refractivity contribution in [1.29, 1.82) is 0 Å². The second-order valence-electron chi connectivity index (χ2n) is 4.72. The van der Waals surface area contributed by atoms with Crippen LogP contribution in [0.5, 0.6) is 0 Å². The molecule has 0 radical (unpaired) electrons. The molecule has 1 aromatic heterocycles. The third-order valence-corrected chi connectivity index (χ3v) is 4.03. The van der Waals surface area contributed by atoms with Crippen LogP contribution in [0.2, 0.25) is 15.1 Å². The molecule has 0 spiro atoms. The van der Waals surface area contributed by atoms with E-state index in [0.29, 0.717) is 26.5 Å². The number of benzene rings is 2. The minimum Gasteiger partial charge on any atom is -0.451 e. The predicted molar refractivity (Wildman–Crippen MR) is 93.6 cm³/mol. The van der Waals surface area contributed by atoms with E-state index in [-0.39, 0.29) is 5.76 Å². The SMILES string of the molecule is O=C(Nc1ccc(Cl)cc1Cl)c1ccc(-c2ccccc2Cl)o1. The first-order chi connectivity index (χ1) is 11.0. The standard InChI is InChI=1S/C17H10Cl3NO2/c18-10-5-6-14(13(20)9-10)21-17(22)16-8-7-15(23-16)11-3-1-2-4-12(11)19/h1-9H,(H,21,22). The van der Waals surface area contributed by atoms with Gasteiger partial charge in [-0.05, 0) is 42.5 Å². The molecule has 3 rings (SSSR count). The van der Waals surface area contributed by atoms with Crippen LogP contribution in [0.15, 0.2) is 59.0 Å². The molecule has 6 heteroatoms. The normalized spacial score (nSPS) is 10.6. The van der Waals surface area contributed by atoms with Gasteiger partial charge in [0.15, 0.2) is 5.76 Å². The van der Waals surface area contributed by atoms with Gasteiger partial charge in [-0.25, -0.2) is 0 Å². The van der Waals surface area contributed by atoms with Crippen LogP contribution in [0.1, 0.15) is 10.6 Å². The van der Waals surface area contributed by atoms with E-state index in [1.807, 2.05) is 18.2 Å². The lowest BCUT2D eigenvalue weighted by atomic mass is 10.2. The summed E-state index contributed by atoms with van der Waals surface area (Å²) in [5.41, 5.74) is 1.18. The van der Waals surface area contributed by atoms with Crippen molar-refractivity contribution < 1.29 is 9.21 Å². The number of anilines is 1. The third-order valence-electron chi connectivity index (χ3n) is 3.15. The van der Waals surface area contributed by atoms with Gasteiger partial charge in [0, 0.05) is 10.6 Å². The lowest BCUT2D eigenvalue weighted by molar-refractivity contribution is 0.0997. The van der Waals surface area contributed by atoms with Crippen molar-refractivity contribution in [2.24, 2.45) is 0 Å². The second-order valence-corrected chi connectivity index (χ2v) is 5.97. The zero-order valence-corrected chi connectivity index (χ0v) is 13.9. The fourth-order valence-corrected chi connectivity index (χ4v) is 2.73. The summed E-state index contributed by atoms with van der Waals surface area (Å²) in [6, 6.07) is 15.3. The summed E-state index contributed by atoms with van der Waals surface area (Å²) in [6.07, 6.45) is 0. The topological polar surface area (TPSA) is 42.2 Å². The average Bonchev–Trinajstić information content (AvgIpc) is 3.00. The fraction of sp³-hybridized carbons (Fsp3) is 0. The Bertz CT molecular complexity index is 874. The Labute approximate surface area is 147 Å². The molecular weight excluding hydrogens is 357 g/mol. The molecule has 23 heavy (non-hydrogen) atoms. The van der Waals surface area contributed by atoms with Gasteiger partial charge in [-0.1, -0.05) is 46.9 Å². The lowest BCUT2D eigenvalue weighted by Gasteiger charge is -2.06. The molecule has 0 atom stereocenters.